The molecular weight excluding hydrogens is 450 g/mol. The number of thiocarbonyl (C=S) groups is 1. The fourth-order valence-electron chi connectivity index (χ4n) is 2.40. The molecule has 0 spiro atoms. The van der Waals surface area contributed by atoms with Crippen molar-refractivity contribution in [1.82, 2.24) is 0 Å². The Morgan fingerprint density at radius 2 is 1.93 bits per heavy atom. The van der Waals surface area contributed by atoms with Crippen molar-refractivity contribution < 1.29 is 19.4 Å². The van der Waals surface area contributed by atoms with Gasteiger partial charge in [-0.2, -0.15) is 0 Å². The fourth-order valence-corrected chi connectivity index (χ4v) is 3.96. The lowest BCUT2D eigenvalue weighted by atomic mass is 10.2. The molecule has 5 nitrogen and oxygen atoms in total. The molecule has 0 saturated carbocycles. The lowest BCUT2D eigenvalue weighted by molar-refractivity contribution is -0.137. The van der Waals surface area contributed by atoms with Gasteiger partial charge in [0, 0.05) is 10.0 Å². The third-order valence-electron chi connectivity index (χ3n) is 3.66. The van der Waals surface area contributed by atoms with Gasteiger partial charge in [-0.25, -0.2) is 0 Å². The van der Waals surface area contributed by atoms with Crippen molar-refractivity contribution in [2.45, 2.75) is 6.42 Å². The highest BCUT2D eigenvalue weighted by atomic mass is 79.9. The number of hydrogen-bond donors (Lipinski definition) is 1. The SMILES string of the molecule is O=C(O)CCOc1ccccc1/C=C1/SC(=S)N(c2ccc(Br)cc2)C1=O. The van der Waals surface area contributed by atoms with Gasteiger partial charge in [-0.05, 0) is 36.4 Å². The number of ether oxygens (including phenoxy) is 1. The van der Waals surface area contributed by atoms with Gasteiger partial charge in [-0.1, -0.05) is 58.1 Å². The predicted molar refractivity (Wildman–Crippen MR) is 114 cm³/mol. The molecule has 2 aromatic carbocycles. The Hall–Kier alpha value is -2.16. The Labute approximate surface area is 174 Å². The van der Waals surface area contributed by atoms with Crippen molar-refractivity contribution in [3.8, 4) is 5.75 Å². The molecule has 1 N–H and O–H groups in total. The van der Waals surface area contributed by atoms with E-state index in [4.69, 9.17) is 22.1 Å². The number of aliphatic carboxylic acids is 1. The number of para-hydroxylation sites is 1. The monoisotopic (exact) mass is 463 g/mol. The van der Waals surface area contributed by atoms with Crippen molar-refractivity contribution in [3.63, 3.8) is 0 Å². The molecule has 0 atom stereocenters. The minimum Gasteiger partial charge on any atom is -0.492 e. The number of halogens is 1. The van der Waals surface area contributed by atoms with Crippen LogP contribution in [0.2, 0.25) is 0 Å². The van der Waals surface area contributed by atoms with Gasteiger partial charge in [0.05, 0.1) is 23.6 Å². The van der Waals surface area contributed by atoms with Gasteiger partial charge in [0.25, 0.3) is 5.91 Å². The summed E-state index contributed by atoms with van der Waals surface area (Å²) in [5.41, 5.74) is 1.40. The normalized spacial score (nSPS) is 15.4. The van der Waals surface area contributed by atoms with Crippen molar-refractivity contribution >= 4 is 67.9 Å². The van der Waals surface area contributed by atoms with Crippen LogP contribution in [0.15, 0.2) is 57.9 Å². The zero-order valence-corrected chi connectivity index (χ0v) is 17.1. The average molecular weight is 464 g/mol. The van der Waals surface area contributed by atoms with Crippen molar-refractivity contribution in [3.05, 3.63) is 63.5 Å². The first-order valence-corrected chi connectivity index (χ1v) is 9.94. The first-order valence-electron chi connectivity index (χ1n) is 7.93. The number of rotatable bonds is 6. The molecule has 1 heterocycles. The Balaban J connectivity index is 1.84. The van der Waals surface area contributed by atoms with Gasteiger partial charge in [0.2, 0.25) is 0 Å². The Morgan fingerprint density at radius 1 is 1.22 bits per heavy atom. The van der Waals surface area contributed by atoms with E-state index in [9.17, 15) is 9.59 Å². The molecule has 138 valence electrons. The molecule has 0 unspecified atom stereocenters. The number of amides is 1. The van der Waals surface area contributed by atoms with E-state index < -0.39 is 5.97 Å². The van der Waals surface area contributed by atoms with Crippen molar-refractivity contribution in [2.75, 3.05) is 11.5 Å². The van der Waals surface area contributed by atoms with Crippen LogP contribution in [0.25, 0.3) is 6.08 Å². The van der Waals surface area contributed by atoms with E-state index in [1.54, 1.807) is 18.2 Å². The van der Waals surface area contributed by atoms with Crippen molar-refractivity contribution in [2.24, 2.45) is 0 Å². The molecular formula is C19H14BrNO4S2. The molecule has 1 saturated heterocycles. The second-order valence-electron chi connectivity index (χ2n) is 5.52. The third kappa shape index (κ3) is 4.77. The van der Waals surface area contributed by atoms with Gasteiger partial charge in [0.1, 0.15) is 5.75 Å². The lowest BCUT2D eigenvalue weighted by Crippen LogP contribution is -2.27. The highest BCUT2D eigenvalue weighted by molar-refractivity contribution is 9.10. The Kier molecular flexibility index (Phi) is 6.30. The minimum atomic E-state index is -0.928. The number of thioether (sulfide) groups is 1. The molecule has 0 radical (unpaired) electrons. The standard InChI is InChI=1S/C19H14BrNO4S2/c20-13-5-7-14(8-6-13)21-18(24)16(27-19(21)26)11-12-3-1-2-4-15(12)25-10-9-17(22)23/h1-8,11H,9-10H2,(H,22,23)/b16-11+. The van der Waals surface area contributed by atoms with Crippen LogP contribution in [0.5, 0.6) is 5.75 Å². The van der Waals surface area contributed by atoms with E-state index in [1.165, 1.54) is 16.7 Å². The largest absolute Gasteiger partial charge is 0.492 e. The number of carboxylic acids is 1. The van der Waals surface area contributed by atoms with E-state index in [2.05, 4.69) is 15.9 Å². The van der Waals surface area contributed by atoms with Crippen LogP contribution in [0.4, 0.5) is 5.69 Å². The lowest BCUT2D eigenvalue weighted by Gasteiger charge is -2.14. The van der Waals surface area contributed by atoms with Crippen LogP contribution in [0.3, 0.4) is 0 Å². The summed E-state index contributed by atoms with van der Waals surface area (Å²) in [6, 6.07) is 14.5. The molecule has 3 rings (SSSR count). The molecule has 1 amide bonds. The van der Waals surface area contributed by atoms with E-state index in [0.717, 1.165) is 4.47 Å². The molecule has 1 aliphatic heterocycles. The minimum absolute atomic E-state index is 0.0556. The zero-order valence-electron chi connectivity index (χ0n) is 13.9. The maximum absolute atomic E-state index is 12.8. The fraction of sp³-hybridized carbons (Fsp3) is 0.105. The van der Waals surface area contributed by atoms with Crippen LogP contribution in [0.1, 0.15) is 12.0 Å². The number of carbonyl (C=O) groups excluding carboxylic acids is 1. The van der Waals surface area contributed by atoms with Gasteiger partial charge in [-0.15, -0.1) is 0 Å². The topological polar surface area (TPSA) is 66.8 Å². The number of nitrogens with zero attached hydrogens (tertiary/aromatic N) is 1. The van der Waals surface area contributed by atoms with Gasteiger partial charge < -0.3 is 9.84 Å². The van der Waals surface area contributed by atoms with Gasteiger partial charge in [-0.3, -0.25) is 14.5 Å². The van der Waals surface area contributed by atoms with Gasteiger partial charge >= 0.3 is 5.97 Å². The molecule has 0 aliphatic carbocycles. The van der Waals surface area contributed by atoms with E-state index in [0.29, 0.717) is 26.2 Å². The van der Waals surface area contributed by atoms with E-state index >= 15 is 0 Å². The van der Waals surface area contributed by atoms with Crippen LogP contribution in [-0.2, 0) is 9.59 Å². The molecule has 0 bridgehead atoms. The van der Waals surface area contributed by atoms with Gasteiger partial charge in [0.15, 0.2) is 4.32 Å². The second-order valence-corrected chi connectivity index (χ2v) is 8.12. The first kappa shape index (κ1) is 19.6. The maximum Gasteiger partial charge on any atom is 0.306 e. The number of benzene rings is 2. The molecule has 27 heavy (non-hydrogen) atoms. The smallest absolute Gasteiger partial charge is 0.306 e. The zero-order chi connectivity index (χ0) is 19.4. The van der Waals surface area contributed by atoms with Crippen LogP contribution >= 0.6 is 39.9 Å². The van der Waals surface area contributed by atoms with Crippen LogP contribution < -0.4 is 9.64 Å². The molecule has 1 fully saturated rings. The summed E-state index contributed by atoms with van der Waals surface area (Å²) in [6.45, 7) is 0.0556. The summed E-state index contributed by atoms with van der Waals surface area (Å²) in [4.78, 5) is 25.5. The van der Waals surface area contributed by atoms with Crippen LogP contribution in [-0.4, -0.2) is 27.9 Å². The highest BCUT2D eigenvalue weighted by Gasteiger charge is 2.33. The van der Waals surface area contributed by atoms with Crippen LogP contribution in [0, 0.1) is 0 Å². The predicted octanol–water partition coefficient (Wildman–Crippen LogP) is 4.71. The number of carbonyl (C=O) groups is 2. The number of hydrogen-bond acceptors (Lipinski definition) is 5. The average Bonchev–Trinajstić information content (AvgIpc) is 2.91. The quantitative estimate of drug-likeness (QED) is 0.494. The summed E-state index contributed by atoms with van der Waals surface area (Å²) < 4.78 is 6.92. The summed E-state index contributed by atoms with van der Waals surface area (Å²) >= 11 is 9.97. The summed E-state index contributed by atoms with van der Waals surface area (Å²) in [5, 5.41) is 8.75. The second kappa shape index (κ2) is 8.69. The Bertz CT molecular complexity index is 928. The number of carboxylic acid groups (broad SMARTS) is 1. The van der Waals surface area contributed by atoms with Crippen molar-refractivity contribution in [1.29, 1.82) is 0 Å². The molecule has 0 aromatic heterocycles. The molecule has 1 aliphatic rings. The summed E-state index contributed by atoms with van der Waals surface area (Å²) in [5.74, 6) is -0.608. The van der Waals surface area contributed by atoms with E-state index in [-0.39, 0.29) is 18.9 Å². The van der Waals surface area contributed by atoms with E-state index in [1.807, 2.05) is 36.4 Å². The summed E-state index contributed by atoms with van der Waals surface area (Å²) in [6.07, 6.45) is 1.62. The highest BCUT2D eigenvalue weighted by Crippen LogP contribution is 2.37. The summed E-state index contributed by atoms with van der Waals surface area (Å²) in [7, 11) is 0. The maximum atomic E-state index is 12.8. The third-order valence-corrected chi connectivity index (χ3v) is 5.49. The Morgan fingerprint density at radius 3 is 2.63 bits per heavy atom. The molecule has 2 aromatic rings. The first-order chi connectivity index (χ1) is 13.0. The molecule has 8 heteroatoms. The number of anilines is 1.